The number of nitrogens with zero attached hydrogens (tertiary/aromatic N) is 1. The van der Waals surface area contributed by atoms with E-state index in [1.165, 1.54) is 50.5 Å². The lowest BCUT2D eigenvalue weighted by Gasteiger charge is -2.33. The number of halogens is 1. The number of esters is 1. The van der Waals surface area contributed by atoms with Crippen molar-refractivity contribution in [3.05, 3.63) is 59.6 Å². The second-order valence-corrected chi connectivity index (χ2v) is 7.01. The molecule has 9 heteroatoms. The van der Waals surface area contributed by atoms with Gasteiger partial charge in [0.1, 0.15) is 17.3 Å². The third-order valence-corrected chi connectivity index (χ3v) is 5.17. The van der Waals surface area contributed by atoms with Crippen molar-refractivity contribution >= 4 is 29.2 Å². The summed E-state index contributed by atoms with van der Waals surface area (Å²) in [7, 11) is 4.13. The van der Waals surface area contributed by atoms with Crippen LogP contribution in [0.5, 0.6) is 11.5 Å². The van der Waals surface area contributed by atoms with Gasteiger partial charge in [0.15, 0.2) is 0 Å². The van der Waals surface area contributed by atoms with Crippen LogP contribution in [0.1, 0.15) is 13.3 Å². The normalized spacial score (nSPS) is 16.0. The van der Waals surface area contributed by atoms with Crippen LogP contribution in [0, 0.1) is 11.7 Å². The minimum atomic E-state index is -1.09. The van der Waals surface area contributed by atoms with Gasteiger partial charge in [-0.3, -0.25) is 14.5 Å². The summed E-state index contributed by atoms with van der Waals surface area (Å²) in [6.45, 7) is 1.54. The average Bonchev–Trinajstić information content (AvgIpc) is 2.79. The van der Waals surface area contributed by atoms with Crippen molar-refractivity contribution in [3.8, 4) is 11.5 Å². The molecule has 0 bridgehead atoms. The van der Waals surface area contributed by atoms with Gasteiger partial charge in [0.05, 0.1) is 38.5 Å². The molecule has 0 saturated carbocycles. The smallest absolute Gasteiger partial charge is 0.336 e. The van der Waals surface area contributed by atoms with Gasteiger partial charge in [0, 0.05) is 23.9 Å². The highest BCUT2D eigenvalue weighted by Gasteiger charge is 2.40. The molecule has 1 aliphatic rings. The summed E-state index contributed by atoms with van der Waals surface area (Å²) in [5.41, 5.74) is 0.976. The van der Waals surface area contributed by atoms with Crippen molar-refractivity contribution in [2.75, 3.05) is 31.5 Å². The second-order valence-electron chi connectivity index (χ2n) is 7.01. The highest BCUT2D eigenvalue weighted by Crippen LogP contribution is 2.35. The van der Waals surface area contributed by atoms with E-state index in [0.29, 0.717) is 22.9 Å². The molecular formula is C23H23FN2O6. The molecule has 0 spiro atoms. The zero-order chi connectivity index (χ0) is 23.4. The van der Waals surface area contributed by atoms with Crippen LogP contribution in [0.2, 0.25) is 0 Å². The van der Waals surface area contributed by atoms with Crippen LogP contribution < -0.4 is 19.7 Å². The van der Waals surface area contributed by atoms with E-state index in [9.17, 15) is 18.8 Å². The van der Waals surface area contributed by atoms with Crippen molar-refractivity contribution in [1.29, 1.82) is 0 Å². The number of amides is 2. The lowest BCUT2D eigenvalue weighted by atomic mass is 9.88. The largest absolute Gasteiger partial charge is 0.497 e. The number of benzene rings is 2. The molecule has 0 aliphatic carbocycles. The summed E-state index contributed by atoms with van der Waals surface area (Å²) in [5.74, 6) is -2.42. The SMILES string of the molecule is COC(=O)C1=C(C)N(c2ccc(F)cc2)C(=O)C[C@H]1C(=O)Nc1cc(OC)ccc1OC. The Morgan fingerprint density at radius 1 is 1.06 bits per heavy atom. The number of carbonyl (C=O) groups excluding carboxylic acids is 3. The van der Waals surface area contributed by atoms with Crippen LogP contribution >= 0.6 is 0 Å². The lowest BCUT2D eigenvalue weighted by Crippen LogP contribution is -2.43. The van der Waals surface area contributed by atoms with E-state index in [-0.39, 0.29) is 17.7 Å². The van der Waals surface area contributed by atoms with Crippen molar-refractivity contribution in [3.63, 3.8) is 0 Å². The maximum Gasteiger partial charge on any atom is 0.336 e. The van der Waals surface area contributed by atoms with Crippen LogP contribution in [0.25, 0.3) is 0 Å². The summed E-state index contributed by atoms with van der Waals surface area (Å²) in [6.07, 6.45) is -0.280. The Hall–Kier alpha value is -3.88. The molecule has 3 rings (SSSR count). The fourth-order valence-electron chi connectivity index (χ4n) is 3.61. The maximum atomic E-state index is 13.3. The Morgan fingerprint density at radius 3 is 2.34 bits per heavy atom. The van der Waals surface area contributed by atoms with E-state index < -0.39 is 29.5 Å². The van der Waals surface area contributed by atoms with Crippen molar-refractivity contribution in [2.24, 2.45) is 5.92 Å². The van der Waals surface area contributed by atoms with Crippen molar-refractivity contribution < 1.29 is 33.0 Å². The van der Waals surface area contributed by atoms with Crippen LogP contribution in [-0.4, -0.2) is 39.1 Å². The number of nitrogens with one attached hydrogen (secondary N) is 1. The van der Waals surface area contributed by atoms with Gasteiger partial charge in [-0.2, -0.15) is 0 Å². The molecule has 32 heavy (non-hydrogen) atoms. The lowest BCUT2D eigenvalue weighted by molar-refractivity contribution is -0.138. The number of hydrogen-bond donors (Lipinski definition) is 1. The number of methoxy groups -OCH3 is 3. The second kappa shape index (κ2) is 9.51. The summed E-state index contributed by atoms with van der Waals surface area (Å²) in [4.78, 5) is 40.0. The van der Waals surface area contributed by atoms with E-state index in [1.807, 2.05) is 0 Å². The molecule has 1 atom stereocenters. The predicted molar refractivity (Wildman–Crippen MR) is 115 cm³/mol. The molecule has 1 aliphatic heterocycles. The number of hydrogen-bond acceptors (Lipinski definition) is 6. The van der Waals surface area contributed by atoms with Gasteiger partial charge < -0.3 is 19.5 Å². The summed E-state index contributed by atoms with van der Waals surface area (Å²) in [6, 6.07) is 10.1. The molecule has 0 radical (unpaired) electrons. The van der Waals surface area contributed by atoms with E-state index in [4.69, 9.17) is 14.2 Å². The van der Waals surface area contributed by atoms with E-state index >= 15 is 0 Å². The molecule has 2 amide bonds. The van der Waals surface area contributed by atoms with Gasteiger partial charge in [0.25, 0.3) is 0 Å². The fourth-order valence-corrected chi connectivity index (χ4v) is 3.61. The molecule has 8 nitrogen and oxygen atoms in total. The Bertz CT molecular complexity index is 1080. The Kier molecular flexibility index (Phi) is 6.77. The molecule has 168 valence electrons. The zero-order valence-electron chi connectivity index (χ0n) is 18.1. The molecule has 1 heterocycles. The number of rotatable bonds is 6. The Balaban J connectivity index is 2.01. The van der Waals surface area contributed by atoms with Crippen molar-refractivity contribution in [2.45, 2.75) is 13.3 Å². The first-order valence-corrected chi connectivity index (χ1v) is 9.71. The first kappa shape index (κ1) is 22.8. The van der Waals surface area contributed by atoms with Crippen LogP contribution in [0.3, 0.4) is 0 Å². The highest BCUT2D eigenvalue weighted by atomic mass is 19.1. The third-order valence-electron chi connectivity index (χ3n) is 5.17. The van der Waals surface area contributed by atoms with Gasteiger partial charge in [-0.05, 0) is 43.3 Å². The van der Waals surface area contributed by atoms with E-state index in [2.05, 4.69) is 5.32 Å². The minimum absolute atomic E-state index is 0.0378. The van der Waals surface area contributed by atoms with Gasteiger partial charge in [0.2, 0.25) is 11.8 Å². The van der Waals surface area contributed by atoms with Gasteiger partial charge >= 0.3 is 5.97 Å². The standard InChI is InChI=1S/C23H23FN2O6/c1-13-21(23(29)32-4)17(12-20(27)26(13)15-7-5-14(24)6-8-15)22(28)25-18-11-16(30-2)9-10-19(18)31-3/h5-11,17H,12H2,1-4H3,(H,25,28)/t17-/m1/s1. The average molecular weight is 442 g/mol. The Labute approximate surface area is 184 Å². The molecule has 0 fully saturated rings. The van der Waals surface area contributed by atoms with Crippen LogP contribution in [-0.2, 0) is 19.1 Å². The molecule has 0 saturated heterocycles. The van der Waals surface area contributed by atoms with E-state index in [0.717, 1.165) is 0 Å². The Morgan fingerprint density at radius 2 is 1.75 bits per heavy atom. The molecular weight excluding hydrogens is 419 g/mol. The minimum Gasteiger partial charge on any atom is -0.497 e. The summed E-state index contributed by atoms with van der Waals surface area (Å²) >= 11 is 0. The summed E-state index contributed by atoms with van der Waals surface area (Å²) in [5, 5.41) is 2.71. The predicted octanol–water partition coefficient (Wildman–Crippen LogP) is 3.28. The van der Waals surface area contributed by atoms with Crippen LogP contribution in [0.4, 0.5) is 15.8 Å². The monoisotopic (exact) mass is 442 g/mol. The third kappa shape index (κ3) is 4.41. The van der Waals surface area contributed by atoms with E-state index in [1.54, 1.807) is 25.1 Å². The molecule has 1 N–H and O–H groups in total. The quantitative estimate of drug-likeness (QED) is 0.690. The zero-order valence-corrected chi connectivity index (χ0v) is 18.1. The van der Waals surface area contributed by atoms with Gasteiger partial charge in [-0.15, -0.1) is 0 Å². The topological polar surface area (TPSA) is 94.2 Å². The van der Waals surface area contributed by atoms with Crippen LogP contribution in [0.15, 0.2) is 53.7 Å². The number of allylic oxidation sites excluding steroid dienone is 1. The molecule has 2 aromatic carbocycles. The highest BCUT2D eigenvalue weighted by molar-refractivity contribution is 6.10. The number of carbonyl (C=O) groups is 3. The molecule has 0 unspecified atom stereocenters. The molecule has 2 aromatic rings. The fraction of sp³-hybridized carbons (Fsp3) is 0.261. The first-order valence-electron chi connectivity index (χ1n) is 9.71. The number of ether oxygens (including phenoxy) is 3. The number of anilines is 2. The molecule has 0 aromatic heterocycles. The maximum absolute atomic E-state index is 13.3. The van der Waals surface area contributed by atoms with Crippen molar-refractivity contribution in [1.82, 2.24) is 0 Å². The van der Waals surface area contributed by atoms with Gasteiger partial charge in [-0.1, -0.05) is 0 Å². The summed E-state index contributed by atoms with van der Waals surface area (Å²) < 4.78 is 28.7. The van der Waals surface area contributed by atoms with Gasteiger partial charge in [-0.25, -0.2) is 9.18 Å². The first-order chi connectivity index (χ1) is 15.3.